The molecule has 4 nitrogen and oxygen atoms in total. The molecule has 0 aliphatic rings. The van der Waals surface area contributed by atoms with E-state index >= 15 is 0 Å². The molecule has 2 aromatic rings. The number of anilines is 1. The number of hydrogen-bond acceptors (Lipinski definition) is 3. The molecule has 2 N–H and O–H groups in total. The summed E-state index contributed by atoms with van der Waals surface area (Å²) in [6.07, 6.45) is 1.26. The van der Waals surface area contributed by atoms with Crippen LogP contribution in [0.25, 0.3) is 10.8 Å². The second-order valence-electron chi connectivity index (χ2n) is 4.95. The molecular formula is C14H13F3N2O2. The van der Waals surface area contributed by atoms with Crippen molar-refractivity contribution < 1.29 is 23.1 Å². The Balaban J connectivity index is 2.59. The lowest BCUT2D eigenvalue weighted by Crippen LogP contribution is -2.34. The maximum Gasteiger partial charge on any atom is 0.326 e. The van der Waals surface area contributed by atoms with Gasteiger partial charge < -0.3 is 10.4 Å². The number of pyridine rings is 1. The molecular weight excluding hydrogens is 285 g/mol. The number of rotatable bonds is 4. The Labute approximate surface area is 118 Å². The van der Waals surface area contributed by atoms with E-state index in [1.165, 1.54) is 12.3 Å². The molecule has 112 valence electrons. The lowest BCUT2D eigenvalue weighted by atomic mass is 10.0. The SMILES string of the molecule is CC(C)C(Nc1nccc2cc(F)c(F)c(F)c12)C(=O)O. The topological polar surface area (TPSA) is 62.2 Å². The zero-order valence-corrected chi connectivity index (χ0v) is 11.3. The average Bonchev–Trinajstić information content (AvgIpc) is 2.41. The summed E-state index contributed by atoms with van der Waals surface area (Å²) in [6.45, 7) is 3.32. The van der Waals surface area contributed by atoms with Crippen LogP contribution in [-0.4, -0.2) is 22.1 Å². The van der Waals surface area contributed by atoms with Gasteiger partial charge in [-0.1, -0.05) is 13.8 Å². The van der Waals surface area contributed by atoms with Crippen LogP contribution in [-0.2, 0) is 4.79 Å². The van der Waals surface area contributed by atoms with Crippen molar-refractivity contribution in [2.75, 3.05) is 5.32 Å². The molecule has 1 unspecified atom stereocenters. The summed E-state index contributed by atoms with van der Waals surface area (Å²) in [4.78, 5) is 15.0. The second-order valence-corrected chi connectivity index (χ2v) is 4.95. The van der Waals surface area contributed by atoms with Crippen molar-refractivity contribution in [3.63, 3.8) is 0 Å². The van der Waals surface area contributed by atoms with Crippen LogP contribution >= 0.6 is 0 Å². The number of halogens is 3. The van der Waals surface area contributed by atoms with E-state index in [1.807, 2.05) is 0 Å². The highest BCUT2D eigenvalue weighted by molar-refractivity contribution is 5.93. The van der Waals surface area contributed by atoms with Gasteiger partial charge >= 0.3 is 5.97 Å². The smallest absolute Gasteiger partial charge is 0.326 e. The Morgan fingerprint density at radius 2 is 1.95 bits per heavy atom. The Morgan fingerprint density at radius 3 is 2.52 bits per heavy atom. The van der Waals surface area contributed by atoms with Crippen LogP contribution in [0.15, 0.2) is 18.3 Å². The third kappa shape index (κ3) is 2.76. The third-order valence-electron chi connectivity index (χ3n) is 3.11. The highest BCUT2D eigenvalue weighted by Gasteiger charge is 2.24. The normalized spacial score (nSPS) is 12.7. The molecule has 0 spiro atoms. The highest BCUT2D eigenvalue weighted by Crippen LogP contribution is 2.28. The number of carboxylic acids is 1. The van der Waals surface area contributed by atoms with Gasteiger partial charge in [0, 0.05) is 6.20 Å². The van der Waals surface area contributed by atoms with Gasteiger partial charge in [0.25, 0.3) is 0 Å². The first-order chi connectivity index (χ1) is 9.82. The summed E-state index contributed by atoms with van der Waals surface area (Å²) in [5, 5.41) is 11.5. The van der Waals surface area contributed by atoms with Crippen LogP contribution in [0, 0.1) is 23.4 Å². The predicted octanol–water partition coefficient (Wildman–Crippen LogP) is 3.17. The molecule has 21 heavy (non-hydrogen) atoms. The zero-order valence-electron chi connectivity index (χ0n) is 11.3. The molecule has 1 aromatic heterocycles. The van der Waals surface area contributed by atoms with Crippen LogP contribution in [0.3, 0.4) is 0 Å². The first kappa shape index (κ1) is 15.1. The van der Waals surface area contributed by atoms with Gasteiger partial charge in [0.05, 0.1) is 5.39 Å². The van der Waals surface area contributed by atoms with Gasteiger partial charge in [0.1, 0.15) is 11.9 Å². The summed E-state index contributed by atoms with van der Waals surface area (Å²) >= 11 is 0. The quantitative estimate of drug-likeness (QED) is 0.851. The summed E-state index contributed by atoms with van der Waals surface area (Å²) < 4.78 is 40.5. The van der Waals surface area contributed by atoms with Crippen molar-refractivity contribution in [3.05, 3.63) is 35.8 Å². The number of benzene rings is 1. The molecule has 1 aromatic carbocycles. The minimum absolute atomic E-state index is 0.0943. The number of fused-ring (bicyclic) bond motifs is 1. The van der Waals surface area contributed by atoms with Gasteiger partial charge in [-0.25, -0.2) is 22.9 Å². The average molecular weight is 298 g/mol. The fourth-order valence-electron chi connectivity index (χ4n) is 2.01. The maximum atomic E-state index is 13.9. The molecule has 0 aliphatic heterocycles. The van der Waals surface area contributed by atoms with Gasteiger partial charge in [0.15, 0.2) is 17.5 Å². The fourth-order valence-corrected chi connectivity index (χ4v) is 2.01. The van der Waals surface area contributed by atoms with Gasteiger partial charge in [-0.05, 0) is 23.4 Å². The lowest BCUT2D eigenvalue weighted by molar-refractivity contribution is -0.138. The van der Waals surface area contributed by atoms with Gasteiger partial charge in [-0.2, -0.15) is 0 Å². The van der Waals surface area contributed by atoms with Crippen molar-refractivity contribution in [3.8, 4) is 0 Å². The number of aromatic nitrogens is 1. The number of hydrogen-bond donors (Lipinski definition) is 2. The van der Waals surface area contributed by atoms with Crippen molar-refractivity contribution in [2.45, 2.75) is 19.9 Å². The van der Waals surface area contributed by atoms with E-state index in [0.29, 0.717) is 0 Å². The Kier molecular flexibility index (Phi) is 4.02. The van der Waals surface area contributed by atoms with Crippen LogP contribution in [0.5, 0.6) is 0 Å². The number of nitrogens with zero attached hydrogens (tertiary/aromatic N) is 1. The Hall–Kier alpha value is -2.31. The second kappa shape index (κ2) is 5.59. The van der Waals surface area contributed by atoms with Crippen LogP contribution in [0.2, 0.25) is 0 Å². The van der Waals surface area contributed by atoms with Crippen LogP contribution in [0.4, 0.5) is 19.0 Å². The highest BCUT2D eigenvalue weighted by atomic mass is 19.2. The molecule has 0 fully saturated rings. The van der Waals surface area contributed by atoms with Crippen molar-refractivity contribution in [1.82, 2.24) is 4.98 Å². The molecule has 0 aliphatic carbocycles. The Morgan fingerprint density at radius 1 is 1.29 bits per heavy atom. The largest absolute Gasteiger partial charge is 0.480 e. The summed E-state index contributed by atoms with van der Waals surface area (Å²) in [5.74, 6) is -5.91. The van der Waals surface area contributed by atoms with Gasteiger partial charge in [-0.15, -0.1) is 0 Å². The number of carboxylic acid groups (broad SMARTS) is 1. The molecule has 1 atom stereocenters. The fraction of sp³-hybridized carbons (Fsp3) is 0.286. The molecule has 0 amide bonds. The van der Waals surface area contributed by atoms with E-state index in [1.54, 1.807) is 13.8 Å². The van der Waals surface area contributed by atoms with Crippen molar-refractivity contribution >= 4 is 22.6 Å². The van der Waals surface area contributed by atoms with Crippen LogP contribution in [0.1, 0.15) is 13.8 Å². The standard InChI is InChI=1S/C14H13F3N2O2/c1-6(2)12(14(20)21)19-13-9-7(3-4-18-13)5-8(15)10(16)11(9)17/h3-6,12H,1-2H3,(H,18,19)(H,20,21). The number of nitrogens with one attached hydrogen (secondary N) is 1. The minimum atomic E-state index is -1.62. The van der Waals surface area contributed by atoms with E-state index in [9.17, 15) is 18.0 Å². The zero-order chi connectivity index (χ0) is 15.7. The summed E-state index contributed by atoms with van der Waals surface area (Å²) in [6, 6.07) is 1.12. The third-order valence-corrected chi connectivity index (χ3v) is 3.11. The Bertz CT molecular complexity index is 704. The predicted molar refractivity (Wildman–Crippen MR) is 71.5 cm³/mol. The number of aliphatic carboxylic acids is 1. The van der Waals surface area contributed by atoms with E-state index in [2.05, 4.69) is 10.3 Å². The number of carbonyl (C=O) groups is 1. The van der Waals surface area contributed by atoms with E-state index in [4.69, 9.17) is 5.11 Å². The maximum absolute atomic E-state index is 13.9. The molecule has 0 saturated heterocycles. The minimum Gasteiger partial charge on any atom is -0.480 e. The molecule has 0 saturated carbocycles. The van der Waals surface area contributed by atoms with Gasteiger partial charge in [0.2, 0.25) is 0 Å². The monoisotopic (exact) mass is 298 g/mol. The van der Waals surface area contributed by atoms with Gasteiger partial charge in [-0.3, -0.25) is 0 Å². The van der Waals surface area contributed by atoms with Crippen LogP contribution < -0.4 is 5.32 Å². The van der Waals surface area contributed by atoms with Crippen molar-refractivity contribution in [1.29, 1.82) is 0 Å². The summed E-state index contributed by atoms with van der Waals surface area (Å²) in [5.41, 5.74) is 0. The molecule has 1 heterocycles. The first-order valence-electron chi connectivity index (χ1n) is 6.24. The first-order valence-corrected chi connectivity index (χ1v) is 6.24. The van der Waals surface area contributed by atoms with E-state index in [-0.39, 0.29) is 22.5 Å². The molecule has 7 heteroatoms. The molecule has 0 radical (unpaired) electrons. The summed E-state index contributed by atoms with van der Waals surface area (Å²) in [7, 11) is 0. The van der Waals surface area contributed by atoms with E-state index in [0.717, 1.165) is 6.07 Å². The lowest BCUT2D eigenvalue weighted by Gasteiger charge is -2.19. The molecule has 0 bridgehead atoms. The van der Waals surface area contributed by atoms with Crippen molar-refractivity contribution in [2.24, 2.45) is 5.92 Å². The molecule has 2 rings (SSSR count). The van der Waals surface area contributed by atoms with E-state index < -0.39 is 29.5 Å².